The molecule has 1 N–H and O–H groups in total. The van der Waals surface area contributed by atoms with Crippen LogP contribution in [0, 0.1) is 6.92 Å². The van der Waals surface area contributed by atoms with Crippen molar-refractivity contribution in [3.63, 3.8) is 0 Å². The van der Waals surface area contributed by atoms with Gasteiger partial charge in [-0.2, -0.15) is 0 Å². The minimum atomic E-state index is 0.189. The number of hydrogen-bond donors (Lipinski definition) is 1. The van der Waals surface area contributed by atoms with Gasteiger partial charge in [-0.3, -0.25) is 0 Å². The summed E-state index contributed by atoms with van der Waals surface area (Å²) >= 11 is 0. The number of rotatable bonds is 5. The average molecular weight is 254 g/mol. The fourth-order valence-electron chi connectivity index (χ4n) is 2.51. The molecule has 0 saturated carbocycles. The Morgan fingerprint density at radius 2 is 1.58 bits per heavy atom. The quantitative estimate of drug-likeness (QED) is 0.858. The maximum Gasteiger partial charge on any atom is 0.0503 e. The molecule has 0 radical (unpaired) electrons. The maximum atomic E-state index is 9.67. The molecule has 2 aromatic rings. The highest BCUT2D eigenvalue weighted by Crippen LogP contribution is 2.23. The maximum absolute atomic E-state index is 9.67. The Balaban J connectivity index is 2.17. The van der Waals surface area contributed by atoms with Crippen molar-refractivity contribution in [2.45, 2.75) is 32.6 Å². The van der Waals surface area contributed by atoms with Crippen LogP contribution in [0.3, 0.4) is 0 Å². The molecule has 0 aliphatic carbocycles. The lowest BCUT2D eigenvalue weighted by atomic mass is 9.89. The third-order valence-electron chi connectivity index (χ3n) is 3.76. The molecule has 0 bridgehead atoms. The lowest BCUT2D eigenvalue weighted by molar-refractivity contribution is 0.264. The van der Waals surface area contributed by atoms with Gasteiger partial charge in [-0.05, 0) is 42.0 Å². The van der Waals surface area contributed by atoms with Crippen molar-refractivity contribution in [2.24, 2.45) is 0 Å². The van der Waals surface area contributed by atoms with Gasteiger partial charge in [0.2, 0.25) is 0 Å². The van der Waals surface area contributed by atoms with E-state index < -0.39 is 0 Å². The van der Waals surface area contributed by atoms with Crippen LogP contribution in [0.15, 0.2) is 48.5 Å². The molecule has 1 heteroatoms. The minimum absolute atomic E-state index is 0.189. The Labute approximate surface area is 115 Å². The normalized spacial score (nSPS) is 12.4. The van der Waals surface area contributed by atoms with E-state index >= 15 is 0 Å². The summed E-state index contributed by atoms with van der Waals surface area (Å²) in [4.78, 5) is 0. The molecule has 1 unspecified atom stereocenters. The molecule has 2 aromatic carbocycles. The first-order chi connectivity index (χ1) is 9.24. The highest BCUT2D eigenvalue weighted by Gasteiger charge is 2.13. The zero-order valence-corrected chi connectivity index (χ0v) is 11.8. The van der Waals surface area contributed by atoms with Crippen LogP contribution in [-0.4, -0.2) is 11.7 Å². The second kappa shape index (κ2) is 6.53. The van der Waals surface area contributed by atoms with Gasteiger partial charge in [-0.25, -0.2) is 0 Å². The first-order valence-electron chi connectivity index (χ1n) is 6.98. The van der Waals surface area contributed by atoms with Gasteiger partial charge in [0.1, 0.15) is 0 Å². The van der Waals surface area contributed by atoms with E-state index in [1.54, 1.807) is 0 Å². The Morgan fingerprint density at radius 3 is 2.16 bits per heavy atom. The summed E-state index contributed by atoms with van der Waals surface area (Å²) in [5.41, 5.74) is 5.16. The molecule has 2 rings (SSSR count). The van der Waals surface area contributed by atoms with Crippen LogP contribution in [0.1, 0.15) is 35.1 Å². The smallest absolute Gasteiger partial charge is 0.0503 e. The van der Waals surface area contributed by atoms with Gasteiger partial charge in [-0.1, -0.05) is 55.5 Å². The predicted octanol–water partition coefficient (Wildman–Crippen LogP) is 3.88. The largest absolute Gasteiger partial charge is 0.396 e. The first-order valence-corrected chi connectivity index (χ1v) is 6.98. The molecule has 0 saturated heterocycles. The van der Waals surface area contributed by atoms with Crippen LogP contribution >= 0.6 is 0 Å². The highest BCUT2D eigenvalue weighted by molar-refractivity contribution is 5.32. The lowest BCUT2D eigenvalue weighted by Crippen LogP contribution is -2.09. The first kappa shape index (κ1) is 13.8. The van der Waals surface area contributed by atoms with Gasteiger partial charge in [0, 0.05) is 5.92 Å². The van der Waals surface area contributed by atoms with Crippen LogP contribution in [-0.2, 0) is 12.8 Å². The van der Waals surface area contributed by atoms with E-state index in [2.05, 4.69) is 50.2 Å². The fraction of sp³-hybridized carbons (Fsp3) is 0.333. The molecule has 0 aromatic heterocycles. The standard InChI is InChI=1S/C18H22O/c1-3-15-8-10-16(11-9-15)12-17(13-19)18-7-5-4-6-14(18)2/h4-11,17,19H,3,12-13H2,1-2H3. The van der Waals surface area contributed by atoms with Gasteiger partial charge in [-0.15, -0.1) is 0 Å². The zero-order chi connectivity index (χ0) is 13.7. The van der Waals surface area contributed by atoms with Gasteiger partial charge < -0.3 is 5.11 Å². The molecule has 1 atom stereocenters. The molecule has 0 spiro atoms. The van der Waals surface area contributed by atoms with E-state index in [0.29, 0.717) is 0 Å². The van der Waals surface area contributed by atoms with Gasteiger partial charge >= 0.3 is 0 Å². The van der Waals surface area contributed by atoms with Crippen molar-refractivity contribution in [2.75, 3.05) is 6.61 Å². The molecular weight excluding hydrogens is 232 g/mol. The van der Waals surface area contributed by atoms with E-state index in [-0.39, 0.29) is 12.5 Å². The molecular formula is C18H22O. The fourth-order valence-corrected chi connectivity index (χ4v) is 2.51. The molecule has 0 amide bonds. The SMILES string of the molecule is CCc1ccc(CC(CO)c2ccccc2C)cc1. The Morgan fingerprint density at radius 1 is 0.947 bits per heavy atom. The van der Waals surface area contributed by atoms with Gasteiger partial charge in [0.15, 0.2) is 0 Å². The van der Waals surface area contributed by atoms with E-state index in [4.69, 9.17) is 0 Å². The number of hydrogen-bond acceptors (Lipinski definition) is 1. The van der Waals surface area contributed by atoms with Crippen LogP contribution in [0.25, 0.3) is 0 Å². The lowest BCUT2D eigenvalue weighted by Gasteiger charge is -2.17. The Hall–Kier alpha value is -1.60. The molecule has 19 heavy (non-hydrogen) atoms. The number of benzene rings is 2. The molecule has 100 valence electrons. The molecule has 0 heterocycles. The summed E-state index contributed by atoms with van der Waals surface area (Å²) in [7, 11) is 0. The number of aryl methyl sites for hydroxylation is 2. The molecule has 0 fully saturated rings. The summed E-state index contributed by atoms with van der Waals surface area (Å²) in [6.45, 7) is 4.47. The van der Waals surface area contributed by atoms with Crippen LogP contribution < -0.4 is 0 Å². The third-order valence-corrected chi connectivity index (χ3v) is 3.76. The number of aliphatic hydroxyl groups is 1. The van der Waals surface area contributed by atoms with Crippen LogP contribution in [0.5, 0.6) is 0 Å². The topological polar surface area (TPSA) is 20.2 Å². The van der Waals surface area contributed by atoms with Gasteiger partial charge in [0.25, 0.3) is 0 Å². The van der Waals surface area contributed by atoms with Crippen molar-refractivity contribution in [1.29, 1.82) is 0 Å². The van der Waals surface area contributed by atoms with E-state index in [0.717, 1.165) is 12.8 Å². The second-order valence-electron chi connectivity index (χ2n) is 5.11. The van der Waals surface area contributed by atoms with Crippen molar-refractivity contribution < 1.29 is 5.11 Å². The third kappa shape index (κ3) is 3.45. The summed E-state index contributed by atoms with van der Waals surface area (Å²) in [5, 5.41) is 9.67. The predicted molar refractivity (Wildman–Crippen MR) is 80.5 cm³/mol. The van der Waals surface area contributed by atoms with E-state index in [9.17, 15) is 5.11 Å². The summed E-state index contributed by atoms with van der Waals surface area (Å²) < 4.78 is 0. The zero-order valence-electron chi connectivity index (χ0n) is 11.8. The minimum Gasteiger partial charge on any atom is -0.396 e. The summed E-state index contributed by atoms with van der Waals surface area (Å²) in [6, 6.07) is 17.0. The second-order valence-corrected chi connectivity index (χ2v) is 5.11. The van der Waals surface area contributed by atoms with Crippen molar-refractivity contribution >= 4 is 0 Å². The molecule has 0 aliphatic rings. The highest BCUT2D eigenvalue weighted by atomic mass is 16.3. The monoisotopic (exact) mass is 254 g/mol. The van der Waals surface area contributed by atoms with Gasteiger partial charge in [0.05, 0.1) is 6.61 Å². The van der Waals surface area contributed by atoms with Crippen LogP contribution in [0.2, 0.25) is 0 Å². The van der Waals surface area contributed by atoms with E-state index in [1.807, 2.05) is 12.1 Å². The Kier molecular flexibility index (Phi) is 4.75. The molecule has 1 nitrogen and oxygen atoms in total. The van der Waals surface area contributed by atoms with Crippen LogP contribution in [0.4, 0.5) is 0 Å². The van der Waals surface area contributed by atoms with Crippen molar-refractivity contribution in [3.05, 3.63) is 70.8 Å². The van der Waals surface area contributed by atoms with E-state index in [1.165, 1.54) is 22.3 Å². The summed E-state index contributed by atoms with van der Waals surface area (Å²) in [5.74, 6) is 0.189. The number of aliphatic hydroxyl groups excluding tert-OH is 1. The summed E-state index contributed by atoms with van der Waals surface area (Å²) in [6.07, 6.45) is 1.97. The van der Waals surface area contributed by atoms with Crippen molar-refractivity contribution in [1.82, 2.24) is 0 Å². The molecule has 0 aliphatic heterocycles. The Bertz CT molecular complexity index is 513. The average Bonchev–Trinajstić information content (AvgIpc) is 2.46. The van der Waals surface area contributed by atoms with Crippen molar-refractivity contribution in [3.8, 4) is 0 Å².